The average molecular weight is 779 g/mol. The summed E-state index contributed by atoms with van der Waals surface area (Å²) in [7, 11) is 0. The number of anilines is 5. The van der Waals surface area contributed by atoms with E-state index in [4.69, 9.17) is 0 Å². The Kier molecular flexibility index (Phi) is 7.51. The van der Waals surface area contributed by atoms with Gasteiger partial charge in [0.05, 0.1) is 11.1 Å². The van der Waals surface area contributed by atoms with Crippen molar-refractivity contribution in [3.8, 4) is 22.3 Å². The van der Waals surface area contributed by atoms with Gasteiger partial charge >= 0.3 is 0 Å². The van der Waals surface area contributed by atoms with Crippen molar-refractivity contribution in [1.29, 1.82) is 0 Å². The third-order valence-electron chi connectivity index (χ3n) is 14.0. The zero-order valence-corrected chi connectivity index (χ0v) is 33.9. The Balaban J connectivity index is 0.954. The first kappa shape index (κ1) is 34.4. The molecule has 0 radical (unpaired) electrons. The zero-order valence-electron chi connectivity index (χ0n) is 33.9. The Bertz CT molecular complexity index is 3200. The third kappa shape index (κ3) is 4.97. The van der Waals surface area contributed by atoms with Crippen LogP contribution in [0.15, 0.2) is 194 Å². The minimum Gasteiger partial charge on any atom is -0.341 e. The number of rotatable bonds is 4. The van der Waals surface area contributed by atoms with Gasteiger partial charge in [0.1, 0.15) is 0 Å². The monoisotopic (exact) mass is 778 g/mol. The van der Waals surface area contributed by atoms with Crippen LogP contribution in [0.5, 0.6) is 0 Å². The molecule has 0 atom stereocenters. The van der Waals surface area contributed by atoms with E-state index in [1.165, 1.54) is 112 Å². The van der Waals surface area contributed by atoms with Crippen molar-refractivity contribution in [3.05, 3.63) is 244 Å². The molecule has 9 aromatic rings. The van der Waals surface area contributed by atoms with E-state index in [1.807, 2.05) is 0 Å². The number of nitrogens with zero attached hydrogens (tertiary/aromatic N) is 2. The summed E-state index contributed by atoms with van der Waals surface area (Å²) in [5.41, 5.74) is 23.2. The van der Waals surface area contributed by atoms with Crippen molar-refractivity contribution in [2.75, 3.05) is 16.3 Å². The highest BCUT2D eigenvalue weighted by molar-refractivity contribution is 6.05. The molecule has 0 bridgehead atoms. The van der Waals surface area contributed by atoms with E-state index in [0.717, 1.165) is 25.8 Å². The van der Waals surface area contributed by atoms with Crippen LogP contribution >= 0.6 is 0 Å². The molecule has 2 heteroatoms. The summed E-state index contributed by atoms with van der Waals surface area (Å²) in [5, 5.41) is 2.48. The fraction of sp³-hybridized carbons (Fsp3) is 0.0847. The summed E-state index contributed by atoms with van der Waals surface area (Å²) in [4.78, 5) is 5.02. The number of aryl methyl sites for hydroxylation is 1. The van der Waals surface area contributed by atoms with Gasteiger partial charge in [0.15, 0.2) is 0 Å². The quantitative estimate of drug-likeness (QED) is 0.164. The number of hydrogen-bond donors (Lipinski definition) is 0. The average Bonchev–Trinajstić information content (AvgIpc) is 3.79. The van der Waals surface area contributed by atoms with E-state index in [0.29, 0.717) is 0 Å². The van der Waals surface area contributed by atoms with Gasteiger partial charge in [-0.3, -0.25) is 0 Å². The first-order valence-electron chi connectivity index (χ1n) is 21.8. The second kappa shape index (κ2) is 13.3. The van der Waals surface area contributed by atoms with Crippen LogP contribution in [0.3, 0.4) is 0 Å². The van der Waals surface area contributed by atoms with Gasteiger partial charge in [0.25, 0.3) is 0 Å². The highest BCUT2D eigenvalue weighted by Gasteiger charge is 2.51. The number of benzene rings is 9. The van der Waals surface area contributed by atoms with Crippen LogP contribution in [0.25, 0.3) is 45.2 Å². The topological polar surface area (TPSA) is 6.48 Å². The molecule has 61 heavy (non-hydrogen) atoms. The predicted molar refractivity (Wildman–Crippen MR) is 255 cm³/mol. The van der Waals surface area contributed by atoms with Crippen LogP contribution in [0.2, 0.25) is 0 Å². The Morgan fingerprint density at radius 2 is 0.984 bits per heavy atom. The molecule has 2 aliphatic carbocycles. The van der Waals surface area contributed by atoms with Crippen molar-refractivity contribution in [1.82, 2.24) is 0 Å². The minimum atomic E-state index is -0.428. The normalized spacial score (nSPS) is 15.0. The van der Waals surface area contributed by atoms with Gasteiger partial charge in [0, 0.05) is 41.1 Å². The molecule has 2 aliphatic heterocycles. The molecule has 288 valence electrons. The molecule has 0 amide bonds. The molecule has 0 saturated heterocycles. The lowest BCUT2D eigenvalue weighted by Gasteiger charge is -2.34. The van der Waals surface area contributed by atoms with Crippen LogP contribution in [-0.4, -0.2) is 6.54 Å². The van der Waals surface area contributed by atoms with Gasteiger partial charge in [-0.2, -0.15) is 0 Å². The summed E-state index contributed by atoms with van der Waals surface area (Å²) in [5.74, 6) is 0. The Labute approximate surface area is 357 Å². The molecule has 0 aromatic heterocycles. The fourth-order valence-electron chi connectivity index (χ4n) is 11.4. The van der Waals surface area contributed by atoms with Crippen molar-refractivity contribution in [3.63, 3.8) is 0 Å². The largest absolute Gasteiger partial charge is 0.341 e. The van der Waals surface area contributed by atoms with Crippen LogP contribution in [0, 0.1) is 0 Å². The Morgan fingerprint density at radius 1 is 0.410 bits per heavy atom. The van der Waals surface area contributed by atoms with E-state index in [-0.39, 0.29) is 0 Å². The first-order valence-corrected chi connectivity index (χ1v) is 21.8. The van der Waals surface area contributed by atoms with E-state index in [1.54, 1.807) is 0 Å². The Hall–Kier alpha value is -7.42. The van der Waals surface area contributed by atoms with Gasteiger partial charge in [-0.1, -0.05) is 164 Å². The highest BCUT2D eigenvalue weighted by atomic mass is 15.2. The SMILES string of the molecule is C(=Cc1ccc(N2c3ccccc3Cc3ccccc32)c2ccccc12)c1ccc2c(c1)C1(c3ccccc3-c3ccccc31)c1cc(N3CCCc4ccccc43)ccc1-2. The lowest BCUT2D eigenvalue weighted by atomic mass is 9.70. The van der Waals surface area contributed by atoms with E-state index >= 15 is 0 Å². The van der Waals surface area contributed by atoms with Gasteiger partial charge < -0.3 is 9.80 Å². The number of fused-ring (bicyclic) bond motifs is 14. The predicted octanol–water partition coefficient (Wildman–Crippen LogP) is 14.8. The minimum absolute atomic E-state index is 0.428. The lowest BCUT2D eigenvalue weighted by Crippen LogP contribution is -2.27. The maximum absolute atomic E-state index is 2.55. The van der Waals surface area contributed by atoms with Gasteiger partial charge in [0.2, 0.25) is 0 Å². The maximum Gasteiger partial charge on any atom is 0.0726 e. The molecule has 9 aromatic carbocycles. The second-order valence-corrected chi connectivity index (χ2v) is 17.1. The molecule has 0 saturated carbocycles. The Morgan fingerprint density at radius 3 is 1.72 bits per heavy atom. The summed E-state index contributed by atoms with van der Waals surface area (Å²) in [6.45, 7) is 1.02. The van der Waals surface area contributed by atoms with Crippen molar-refractivity contribution in [2.45, 2.75) is 24.7 Å². The molecule has 0 N–H and O–H groups in total. The molecule has 0 fully saturated rings. The van der Waals surface area contributed by atoms with Crippen LogP contribution in [0.4, 0.5) is 28.4 Å². The van der Waals surface area contributed by atoms with Crippen LogP contribution in [0.1, 0.15) is 56.5 Å². The molecule has 2 heterocycles. The number of para-hydroxylation sites is 3. The fourth-order valence-corrected chi connectivity index (χ4v) is 11.4. The van der Waals surface area contributed by atoms with Crippen molar-refractivity contribution < 1.29 is 0 Å². The van der Waals surface area contributed by atoms with Gasteiger partial charge in [-0.25, -0.2) is 0 Å². The summed E-state index contributed by atoms with van der Waals surface area (Å²) in [6, 6.07) is 73.0. The van der Waals surface area contributed by atoms with Gasteiger partial charge in [-0.15, -0.1) is 0 Å². The standard InChI is InChI=1S/C59H42N2/c1-10-24-55-41(14-1)17-13-35-60(55)44-31-33-49-48-32-28-39(36-53(48)59(54(49)38-44)51-22-8-6-19-46(51)47-20-7-9-23-52(47)59)27-29-40-30-34-58(50-21-5-4-18-45(40)50)61-56-25-11-2-15-42(56)37-43-16-3-12-26-57(43)61/h1-12,14-16,18-34,36,38H,13,17,35,37H2. The second-order valence-electron chi connectivity index (χ2n) is 17.1. The van der Waals surface area contributed by atoms with E-state index < -0.39 is 5.41 Å². The summed E-state index contributed by atoms with van der Waals surface area (Å²) >= 11 is 0. The molecule has 0 unspecified atom stereocenters. The van der Waals surface area contributed by atoms with Gasteiger partial charge in [-0.05, 0) is 133 Å². The highest BCUT2D eigenvalue weighted by Crippen LogP contribution is 2.63. The smallest absolute Gasteiger partial charge is 0.0726 e. The van der Waals surface area contributed by atoms with E-state index in [2.05, 4.69) is 216 Å². The molecular formula is C59H42N2. The summed E-state index contributed by atoms with van der Waals surface area (Å²) < 4.78 is 0. The molecule has 13 rings (SSSR count). The molecule has 1 spiro atoms. The van der Waals surface area contributed by atoms with Crippen molar-refractivity contribution in [2.24, 2.45) is 0 Å². The van der Waals surface area contributed by atoms with E-state index in [9.17, 15) is 0 Å². The number of hydrogen-bond acceptors (Lipinski definition) is 2. The summed E-state index contributed by atoms with van der Waals surface area (Å²) in [6.07, 6.45) is 7.88. The molecular weight excluding hydrogens is 737 g/mol. The lowest BCUT2D eigenvalue weighted by molar-refractivity contribution is 0.762. The van der Waals surface area contributed by atoms with Crippen LogP contribution < -0.4 is 9.80 Å². The van der Waals surface area contributed by atoms with Crippen molar-refractivity contribution >= 4 is 51.4 Å². The first-order chi connectivity index (χ1) is 30.3. The molecule has 2 nitrogen and oxygen atoms in total. The third-order valence-corrected chi connectivity index (χ3v) is 14.0. The molecule has 4 aliphatic rings. The van der Waals surface area contributed by atoms with Crippen LogP contribution in [-0.2, 0) is 18.3 Å². The maximum atomic E-state index is 2.55. The zero-order chi connectivity index (χ0) is 40.1.